The van der Waals surface area contributed by atoms with Crippen molar-refractivity contribution < 1.29 is 14.7 Å². The van der Waals surface area contributed by atoms with Gasteiger partial charge in [-0.05, 0) is 78.3 Å². The third kappa shape index (κ3) is 5.03. The number of anilines is 3. The number of nitrogens with zero attached hydrogens (tertiary/aromatic N) is 6. The van der Waals surface area contributed by atoms with Crippen molar-refractivity contribution in [3.05, 3.63) is 95.1 Å². The van der Waals surface area contributed by atoms with Crippen LogP contribution >= 0.6 is 0 Å². The van der Waals surface area contributed by atoms with Gasteiger partial charge in [-0.1, -0.05) is 24.3 Å². The van der Waals surface area contributed by atoms with E-state index in [1.54, 1.807) is 21.8 Å². The predicted molar refractivity (Wildman–Crippen MR) is 177 cm³/mol. The molecule has 6 heterocycles. The van der Waals surface area contributed by atoms with Crippen molar-refractivity contribution in [1.82, 2.24) is 24.6 Å². The first kappa shape index (κ1) is 28.5. The summed E-state index contributed by atoms with van der Waals surface area (Å²) in [6, 6.07) is 18.1. The number of fused-ring (bicyclic) bond motifs is 3. The van der Waals surface area contributed by atoms with E-state index >= 15 is 0 Å². The Bertz CT molecular complexity index is 2020. The summed E-state index contributed by atoms with van der Waals surface area (Å²) in [5, 5.41) is 18.9. The van der Waals surface area contributed by atoms with E-state index < -0.39 is 0 Å². The number of likely N-dealkylation sites (tertiary alicyclic amines) is 1. The standard InChI is InChI=1S/C36H35N7O3/c1-22-26(27-6-3-8-31-28(27)12-16-42(31)36(46)30-18-32-33(45)9-4-14-43(32)40-30)5-2-7-29(22)39-35-34-24(10-13-37-35)17-23(19-38-34)20-41-15-11-25(44)21-41/h2-3,5-8,10,13,17-19,25,44H,4,9,11-12,14-16,20-21H2,1H3,(H,37,39)/t25-/m1/s1. The summed E-state index contributed by atoms with van der Waals surface area (Å²) in [4.78, 5) is 39.5. The van der Waals surface area contributed by atoms with Crippen molar-refractivity contribution >= 4 is 39.8 Å². The molecule has 1 atom stereocenters. The van der Waals surface area contributed by atoms with Crippen LogP contribution in [0, 0.1) is 6.92 Å². The molecule has 3 aromatic heterocycles. The number of hydrogen-bond acceptors (Lipinski definition) is 8. The van der Waals surface area contributed by atoms with Gasteiger partial charge in [0.05, 0.1) is 6.10 Å². The fourth-order valence-electron chi connectivity index (χ4n) is 7.16. The summed E-state index contributed by atoms with van der Waals surface area (Å²) >= 11 is 0. The number of pyridine rings is 2. The quantitative estimate of drug-likeness (QED) is 0.265. The van der Waals surface area contributed by atoms with Gasteiger partial charge < -0.3 is 15.3 Å². The van der Waals surface area contributed by atoms with Crippen LogP contribution in [-0.4, -0.2) is 67.2 Å². The van der Waals surface area contributed by atoms with E-state index in [0.29, 0.717) is 43.3 Å². The number of Topliss-reactive ketones (excluding diaryl/α,β-unsaturated/α-hetero) is 1. The molecule has 10 nitrogen and oxygen atoms in total. The van der Waals surface area contributed by atoms with Gasteiger partial charge in [-0.15, -0.1) is 0 Å². The molecule has 2 N–H and O–H groups in total. The smallest absolute Gasteiger partial charge is 0.278 e. The number of carbonyl (C=O) groups is 2. The lowest BCUT2D eigenvalue weighted by molar-refractivity contribution is 0.0948. The Morgan fingerprint density at radius 1 is 1.02 bits per heavy atom. The average Bonchev–Trinajstić information content (AvgIpc) is 3.81. The van der Waals surface area contributed by atoms with Crippen LogP contribution in [0.4, 0.5) is 17.2 Å². The number of amides is 1. The fourth-order valence-corrected chi connectivity index (χ4v) is 7.16. The molecule has 0 saturated carbocycles. The van der Waals surface area contributed by atoms with Gasteiger partial charge in [-0.25, -0.2) is 4.98 Å². The van der Waals surface area contributed by atoms with Gasteiger partial charge >= 0.3 is 0 Å². The maximum Gasteiger partial charge on any atom is 0.278 e. The Hall–Kier alpha value is -4.93. The highest BCUT2D eigenvalue weighted by atomic mass is 16.3. The van der Waals surface area contributed by atoms with E-state index in [4.69, 9.17) is 4.98 Å². The predicted octanol–water partition coefficient (Wildman–Crippen LogP) is 5.29. The minimum Gasteiger partial charge on any atom is -0.392 e. The van der Waals surface area contributed by atoms with Crippen molar-refractivity contribution in [2.45, 2.75) is 51.8 Å². The molecule has 232 valence electrons. The summed E-state index contributed by atoms with van der Waals surface area (Å²) in [5.41, 5.74) is 8.96. The maximum atomic E-state index is 13.6. The van der Waals surface area contributed by atoms with Crippen molar-refractivity contribution in [2.24, 2.45) is 0 Å². The van der Waals surface area contributed by atoms with Crippen LogP contribution in [0.1, 0.15) is 56.9 Å². The van der Waals surface area contributed by atoms with Gasteiger partial charge in [-0.3, -0.25) is 24.2 Å². The van der Waals surface area contributed by atoms with Crippen LogP contribution in [0.2, 0.25) is 0 Å². The Morgan fingerprint density at radius 2 is 1.89 bits per heavy atom. The molecule has 3 aliphatic rings. The Morgan fingerprint density at radius 3 is 2.74 bits per heavy atom. The van der Waals surface area contributed by atoms with Crippen LogP contribution in [0.25, 0.3) is 22.0 Å². The first-order chi connectivity index (χ1) is 22.4. The van der Waals surface area contributed by atoms with Crippen LogP contribution in [-0.2, 0) is 19.5 Å². The molecule has 0 spiro atoms. The molecule has 2 aromatic carbocycles. The molecule has 1 amide bonds. The zero-order valence-electron chi connectivity index (χ0n) is 25.7. The number of aromatic nitrogens is 4. The zero-order chi connectivity index (χ0) is 31.4. The lowest BCUT2D eigenvalue weighted by atomic mass is 9.93. The van der Waals surface area contributed by atoms with Crippen LogP contribution < -0.4 is 10.2 Å². The summed E-state index contributed by atoms with van der Waals surface area (Å²) in [7, 11) is 0. The second-order valence-electron chi connectivity index (χ2n) is 12.5. The van der Waals surface area contributed by atoms with E-state index in [9.17, 15) is 14.7 Å². The number of nitrogens with one attached hydrogen (secondary N) is 1. The van der Waals surface area contributed by atoms with Gasteiger partial charge in [-0.2, -0.15) is 5.10 Å². The largest absolute Gasteiger partial charge is 0.392 e. The van der Waals surface area contributed by atoms with E-state index in [0.717, 1.165) is 82.4 Å². The third-order valence-corrected chi connectivity index (χ3v) is 9.52. The number of benzene rings is 2. The summed E-state index contributed by atoms with van der Waals surface area (Å²) in [5.74, 6) is 0.565. The minimum atomic E-state index is -0.244. The van der Waals surface area contributed by atoms with E-state index in [2.05, 4.69) is 45.4 Å². The lowest BCUT2D eigenvalue weighted by Gasteiger charge is -2.18. The number of carbonyl (C=O) groups excluding carboxylic acids is 2. The normalized spacial score (nSPS) is 17.8. The monoisotopic (exact) mass is 613 g/mol. The number of ketones is 1. The number of rotatable bonds is 6. The number of aryl methyl sites for hydroxylation is 1. The third-order valence-electron chi connectivity index (χ3n) is 9.52. The van der Waals surface area contributed by atoms with Gasteiger partial charge in [0.25, 0.3) is 5.91 Å². The van der Waals surface area contributed by atoms with Crippen molar-refractivity contribution in [3.63, 3.8) is 0 Å². The highest BCUT2D eigenvalue weighted by Gasteiger charge is 2.31. The molecule has 46 heavy (non-hydrogen) atoms. The van der Waals surface area contributed by atoms with Crippen LogP contribution in [0.15, 0.2) is 67.0 Å². The van der Waals surface area contributed by atoms with Crippen LogP contribution in [0.3, 0.4) is 0 Å². The molecule has 5 aromatic rings. The van der Waals surface area contributed by atoms with E-state index in [-0.39, 0.29) is 17.8 Å². The minimum absolute atomic E-state index is 0.0455. The highest BCUT2D eigenvalue weighted by molar-refractivity contribution is 6.08. The zero-order valence-corrected chi connectivity index (χ0v) is 25.7. The topological polar surface area (TPSA) is 116 Å². The van der Waals surface area contributed by atoms with Crippen molar-refractivity contribution in [1.29, 1.82) is 0 Å². The lowest BCUT2D eigenvalue weighted by Crippen LogP contribution is -2.29. The fraction of sp³-hybridized carbons (Fsp3) is 0.306. The van der Waals surface area contributed by atoms with Gasteiger partial charge in [0.2, 0.25) is 0 Å². The molecule has 0 aliphatic carbocycles. The molecule has 3 aliphatic heterocycles. The number of β-amino-alcohol motifs (C(OH)–C–C–N with tert-alkyl or cyclic N) is 1. The summed E-state index contributed by atoms with van der Waals surface area (Å²) in [6.45, 7) is 5.68. The maximum absolute atomic E-state index is 13.6. The van der Waals surface area contributed by atoms with Gasteiger partial charge in [0.15, 0.2) is 17.3 Å². The number of aliphatic hydroxyl groups is 1. The highest BCUT2D eigenvalue weighted by Crippen LogP contribution is 2.40. The second kappa shape index (κ2) is 11.5. The molecule has 1 saturated heterocycles. The van der Waals surface area contributed by atoms with Crippen molar-refractivity contribution in [2.75, 3.05) is 29.9 Å². The first-order valence-electron chi connectivity index (χ1n) is 16.0. The summed E-state index contributed by atoms with van der Waals surface area (Å²) < 4.78 is 1.67. The number of aliphatic hydroxyl groups excluding tert-OH is 1. The molecular formula is C36H35N7O3. The molecule has 0 unspecified atom stereocenters. The van der Waals surface area contributed by atoms with E-state index in [1.165, 1.54) is 0 Å². The van der Waals surface area contributed by atoms with Gasteiger partial charge in [0.1, 0.15) is 11.2 Å². The molecule has 0 radical (unpaired) electrons. The summed E-state index contributed by atoms with van der Waals surface area (Å²) in [6.07, 6.45) is 6.26. The SMILES string of the molecule is Cc1c(Nc2nccc3cc(CN4CC[C@@H](O)C4)cnc23)cccc1-c1cccc2c1CCN2C(=O)c1cc2n(n1)CCCC2=O. The molecule has 1 fully saturated rings. The first-order valence-corrected chi connectivity index (χ1v) is 16.0. The molecule has 8 rings (SSSR count). The molecule has 0 bridgehead atoms. The molecule has 10 heteroatoms. The number of hydrogen-bond donors (Lipinski definition) is 2. The Kier molecular flexibility index (Phi) is 7.11. The van der Waals surface area contributed by atoms with Crippen molar-refractivity contribution in [3.8, 4) is 11.1 Å². The van der Waals surface area contributed by atoms with E-state index in [1.807, 2.05) is 36.5 Å². The average molecular weight is 614 g/mol. The van der Waals surface area contributed by atoms with Crippen LogP contribution in [0.5, 0.6) is 0 Å². The molecular weight excluding hydrogens is 578 g/mol. The van der Waals surface area contributed by atoms with Gasteiger partial charge in [0, 0.05) is 74.4 Å². The second-order valence-corrected chi connectivity index (χ2v) is 12.5. The Balaban J connectivity index is 1.07. The Labute approximate surface area is 266 Å².